The van der Waals surface area contributed by atoms with Gasteiger partial charge in [-0.1, -0.05) is 6.07 Å². The molecule has 0 radical (unpaired) electrons. The molecule has 2 N–H and O–H groups in total. The number of nitrogens with one attached hydrogen (secondary N) is 2. The van der Waals surface area contributed by atoms with Gasteiger partial charge in [0.25, 0.3) is 0 Å². The zero-order valence-electron chi connectivity index (χ0n) is 13.0. The Hall–Kier alpha value is -1.10. The van der Waals surface area contributed by atoms with Gasteiger partial charge in [-0.15, -0.1) is 12.4 Å². The number of aryl methyl sites for hydroxylation is 2. The quantitative estimate of drug-likeness (QED) is 0.898. The number of carbonyl (C=O) groups is 1. The molecule has 1 heterocycles. The number of piperidine rings is 1. The van der Waals surface area contributed by atoms with Gasteiger partial charge in [-0.3, -0.25) is 4.79 Å². The fourth-order valence-corrected chi connectivity index (χ4v) is 2.93. The van der Waals surface area contributed by atoms with Crippen LogP contribution in [0.25, 0.3) is 0 Å². The van der Waals surface area contributed by atoms with Gasteiger partial charge in [0.15, 0.2) is 0 Å². The molecule has 0 unspecified atom stereocenters. The second kappa shape index (κ2) is 7.78. The molecule has 1 fully saturated rings. The summed E-state index contributed by atoms with van der Waals surface area (Å²) in [6.45, 7) is 6.29. The van der Waals surface area contributed by atoms with Crippen molar-refractivity contribution in [1.29, 1.82) is 0 Å². The molecule has 118 valence electrons. The highest BCUT2D eigenvalue weighted by molar-refractivity contribution is 5.95. The van der Waals surface area contributed by atoms with Crippen LogP contribution in [-0.2, 0) is 9.53 Å². The van der Waals surface area contributed by atoms with E-state index in [0.29, 0.717) is 6.61 Å². The van der Waals surface area contributed by atoms with Gasteiger partial charge in [-0.05, 0) is 63.0 Å². The summed E-state index contributed by atoms with van der Waals surface area (Å²) in [6, 6.07) is 6.12. The Bertz CT molecular complexity index is 459. The van der Waals surface area contributed by atoms with Crippen LogP contribution in [0.3, 0.4) is 0 Å². The van der Waals surface area contributed by atoms with E-state index in [0.717, 1.165) is 42.7 Å². The van der Waals surface area contributed by atoms with Gasteiger partial charge in [0.05, 0.1) is 12.0 Å². The number of amides is 1. The van der Waals surface area contributed by atoms with Crippen LogP contribution in [0.15, 0.2) is 18.2 Å². The summed E-state index contributed by atoms with van der Waals surface area (Å²) in [7, 11) is 1.66. The van der Waals surface area contributed by atoms with E-state index in [1.54, 1.807) is 7.11 Å². The number of rotatable bonds is 4. The minimum absolute atomic E-state index is 0. The van der Waals surface area contributed by atoms with Crippen LogP contribution < -0.4 is 10.6 Å². The number of benzene rings is 1. The summed E-state index contributed by atoms with van der Waals surface area (Å²) in [4.78, 5) is 12.7. The Morgan fingerprint density at radius 3 is 2.33 bits per heavy atom. The molecule has 1 aliphatic heterocycles. The van der Waals surface area contributed by atoms with E-state index in [-0.39, 0.29) is 18.3 Å². The molecule has 1 saturated heterocycles. The molecule has 4 nitrogen and oxygen atoms in total. The first kappa shape index (κ1) is 18.0. The molecular formula is C16H25ClN2O2. The van der Waals surface area contributed by atoms with Gasteiger partial charge >= 0.3 is 0 Å². The van der Waals surface area contributed by atoms with Gasteiger partial charge in [0.1, 0.15) is 0 Å². The van der Waals surface area contributed by atoms with Crippen molar-refractivity contribution >= 4 is 24.0 Å². The van der Waals surface area contributed by atoms with Crippen molar-refractivity contribution in [2.45, 2.75) is 26.7 Å². The highest BCUT2D eigenvalue weighted by atomic mass is 35.5. The molecule has 0 atom stereocenters. The molecule has 5 heteroatoms. The number of hydrogen-bond donors (Lipinski definition) is 2. The maximum absolute atomic E-state index is 12.7. The maximum Gasteiger partial charge on any atom is 0.233 e. The lowest BCUT2D eigenvalue weighted by Gasteiger charge is -2.35. The first-order valence-corrected chi connectivity index (χ1v) is 7.15. The van der Waals surface area contributed by atoms with Gasteiger partial charge in [0, 0.05) is 12.8 Å². The molecule has 21 heavy (non-hydrogen) atoms. The molecule has 0 spiro atoms. The second-order valence-electron chi connectivity index (χ2n) is 5.79. The molecule has 0 aromatic heterocycles. The van der Waals surface area contributed by atoms with Crippen LogP contribution >= 0.6 is 12.4 Å². The second-order valence-corrected chi connectivity index (χ2v) is 5.79. The molecule has 1 aliphatic rings. The van der Waals surface area contributed by atoms with Gasteiger partial charge < -0.3 is 15.4 Å². The van der Waals surface area contributed by atoms with Crippen LogP contribution in [0.1, 0.15) is 24.0 Å². The summed E-state index contributed by atoms with van der Waals surface area (Å²) in [5.74, 6) is 0.0749. The van der Waals surface area contributed by atoms with Crippen molar-refractivity contribution in [3.8, 4) is 0 Å². The van der Waals surface area contributed by atoms with Crippen LogP contribution in [0.5, 0.6) is 0 Å². The summed E-state index contributed by atoms with van der Waals surface area (Å²) in [5.41, 5.74) is 2.79. The number of hydrogen-bond acceptors (Lipinski definition) is 3. The highest BCUT2D eigenvalue weighted by Gasteiger charge is 2.39. The van der Waals surface area contributed by atoms with Gasteiger partial charge in [-0.25, -0.2) is 0 Å². The normalized spacial score (nSPS) is 16.9. The summed E-state index contributed by atoms with van der Waals surface area (Å²) < 4.78 is 5.30. The topological polar surface area (TPSA) is 50.4 Å². The van der Waals surface area contributed by atoms with Crippen molar-refractivity contribution in [3.63, 3.8) is 0 Å². The minimum Gasteiger partial charge on any atom is -0.384 e. The molecule has 1 amide bonds. The lowest BCUT2D eigenvalue weighted by Crippen LogP contribution is -2.47. The molecule has 0 saturated carbocycles. The highest BCUT2D eigenvalue weighted by Crippen LogP contribution is 2.31. The predicted molar refractivity (Wildman–Crippen MR) is 88.2 cm³/mol. The number of halogens is 1. The van der Waals surface area contributed by atoms with Crippen molar-refractivity contribution in [2.24, 2.45) is 5.41 Å². The average Bonchev–Trinajstić information content (AvgIpc) is 2.38. The third-order valence-electron chi connectivity index (χ3n) is 3.94. The van der Waals surface area contributed by atoms with E-state index < -0.39 is 5.41 Å². The van der Waals surface area contributed by atoms with Crippen molar-refractivity contribution in [2.75, 3.05) is 32.1 Å². The van der Waals surface area contributed by atoms with E-state index in [2.05, 4.69) is 16.7 Å². The number of ether oxygens (including phenoxy) is 1. The maximum atomic E-state index is 12.7. The van der Waals surface area contributed by atoms with Gasteiger partial charge in [0.2, 0.25) is 5.91 Å². The van der Waals surface area contributed by atoms with Crippen LogP contribution in [0.2, 0.25) is 0 Å². The third kappa shape index (κ3) is 4.43. The van der Waals surface area contributed by atoms with E-state index >= 15 is 0 Å². The monoisotopic (exact) mass is 312 g/mol. The van der Waals surface area contributed by atoms with Crippen LogP contribution in [0.4, 0.5) is 5.69 Å². The van der Waals surface area contributed by atoms with E-state index in [1.807, 2.05) is 26.0 Å². The van der Waals surface area contributed by atoms with Crippen LogP contribution in [0, 0.1) is 19.3 Å². The smallest absolute Gasteiger partial charge is 0.233 e. The SMILES string of the molecule is COCC1(C(=O)Nc2cc(C)cc(C)c2)CCNCC1.Cl. The van der Waals surface area contributed by atoms with Crippen molar-refractivity contribution in [3.05, 3.63) is 29.3 Å². The Kier molecular flexibility index (Phi) is 6.65. The van der Waals surface area contributed by atoms with E-state index in [4.69, 9.17) is 4.74 Å². The molecule has 2 rings (SSSR count). The molecule has 1 aromatic rings. The van der Waals surface area contributed by atoms with Crippen LogP contribution in [-0.4, -0.2) is 32.7 Å². The lowest BCUT2D eigenvalue weighted by molar-refractivity contribution is -0.130. The van der Waals surface area contributed by atoms with Gasteiger partial charge in [-0.2, -0.15) is 0 Å². The van der Waals surface area contributed by atoms with Crippen molar-refractivity contribution < 1.29 is 9.53 Å². The van der Waals surface area contributed by atoms with E-state index in [9.17, 15) is 4.79 Å². The first-order chi connectivity index (χ1) is 9.55. The Balaban J connectivity index is 0.00000220. The fourth-order valence-electron chi connectivity index (χ4n) is 2.93. The molecule has 0 aliphatic carbocycles. The average molecular weight is 313 g/mol. The lowest BCUT2D eigenvalue weighted by atomic mass is 9.78. The number of methoxy groups -OCH3 is 1. The predicted octanol–water partition coefficient (Wildman–Crippen LogP) is 2.68. The zero-order valence-corrected chi connectivity index (χ0v) is 13.8. The Morgan fingerprint density at radius 1 is 1.24 bits per heavy atom. The summed E-state index contributed by atoms with van der Waals surface area (Å²) in [5, 5.41) is 6.37. The first-order valence-electron chi connectivity index (χ1n) is 7.15. The standard InChI is InChI=1S/C16H24N2O2.ClH/c1-12-8-13(2)10-14(9-12)18-15(19)16(11-20-3)4-6-17-7-5-16;/h8-10,17H,4-7,11H2,1-3H3,(H,18,19);1H. The number of carbonyl (C=O) groups excluding carboxylic acids is 1. The Labute approximate surface area is 133 Å². The Morgan fingerprint density at radius 2 is 1.81 bits per heavy atom. The molecule has 1 aromatic carbocycles. The number of anilines is 1. The van der Waals surface area contributed by atoms with E-state index in [1.165, 1.54) is 0 Å². The van der Waals surface area contributed by atoms with Crippen molar-refractivity contribution in [1.82, 2.24) is 5.32 Å². The zero-order chi connectivity index (χ0) is 14.6. The third-order valence-corrected chi connectivity index (χ3v) is 3.94. The summed E-state index contributed by atoms with van der Waals surface area (Å²) in [6.07, 6.45) is 1.63. The summed E-state index contributed by atoms with van der Waals surface area (Å²) >= 11 is 0. The minimum atomic E-state index is -0.405. The molecule has 0 bridgehead atoms. The fraction of sp³-hybridized carbons (Fsp3) is 0.562. The largest absolute Gasteiger partial charge is 0.384 e. The molecular weight excluding hydrogens is 288 g/mol.